The van der Waals surface area contributed by atoms with E-state index < -0.39 is 11.3 Å². The average molecular weight is 317 g/mol. The van der Waals surface area contributed by atoms with Gasteiger partial charge in [-0.05, 0) is 11.1 Å². The van der Waals surface area contributed by atoms with Crippen LogP contribution in [0, 0.1) is 0 Å². The smallest absolute Gasteiger partial charge is 0.237 e. The van der Waals surface area contributed by atoms with Gasteiger partial charge in [0.25, 0.3) is 0 Å². The summed E-state index contributed by atoms with van der Waals surface area (Å²) in [7, 11) is 0. The van der Waals surface area contributed by atoms with Gasteiger partial charge in [-0.2, -0.15) is 4.31 Å². The van der Waals surface area contributed by atoms with Crippen LogP contribution in [0.5, 0.6) is 0 Å². The molecule has 1 heterocycles. The van der Waals surface area contributed by atoms with Crippen molar-refractivity contribution in [1.82, 2.24) is 4.31 Å². The standard InChI is InChI=1S/C17H19NO3S/c19-22-18(11-15-7-3-1-4-8-15)17(14-21-22)13-20-12-16-9-5-2-6-10-16/h1-10,17H,11-14H2/t17-,22?/m0/s1. The lowest BCUT2D eigenvalue weighted by Gasteiger charge is -2.20. The second kappa shape index (κ2) is 7.65. The Labute approximate surface area is 133 Å². The van der Waals surface area contributed by atoms with Gasteiger partial charge in [0.2, 0.25) is 11.3 Å². The largest absolute Gasteiger partial charge is 0.375 e. The molecule has 0 amide bonds. The third kappa shape index (κ3) is 4.01. The van der Waals surface area contributed by atoms with Gasteiger partial charge < -0.3 is 4.74 Å². The van der Waals surface area contributed by atoms with Crippen molar-refractivity contribution < 1.29 is 13.1 Å². The SMILES string of the molecule is O=S1OC[C@H](COCc2ccccc2)N1Cc1ccccc1. The van der Waals surface area contributed by atoms with Crippen molar-refractivity contribution >= 4 is 11.3 Å². The number of ether oxygens (including phenoxy) is 1. The van der Waals surface area contributed by atoms with E-state index in [2.05, 4.69) is 0 Å². The maximum Gasteiger partial charge on any atom is 0.237 e. The predicted molar refractivity (Wildman–Crippen MR) is 86.0 cm³/mol. The Bertz CT molecular complexity index is 606. The summed E-state index contributed by atoms with van der Waals surface area (Å²) >= 11 is -1.39. The molecule has 2 aromatic carbocycles. The first-order valence-electron chi connectivity index (χ1n) is 7.30. The normalized spacial score (nSPS) is 22.0. The van der Waals surface area contributed by atoms with Crippen LogP contribution in [-0.4, -0.2) is 27.8 Å². The molecule has 0 spiro atoms. The van der Waals surface area contributed by atoms with Gasteiger partial charge >= 0.3 is 0 Å². The number of benzene rings is 2. The van der Waals surface area contributed by atoms with Gasteiger partial charge in [-0.25, -0.2) is 4.21 Å². The third-order valence-electron chi connectivity index (χ3n) is 3.56. The zero-order valence-corrected chi connectivity index (χ0v) is 13.1. The summed E-state index contributed by atoms with van der Waals surface area (Å²) in [5.74, 6) is 0. The molecule has 0 N–H and O–H groups in total. The maximum absolute atomic E-state index is 12.0. The summed E-state index contributed by atoms with van der Waals surface area (Å²) in [6.07, 6.45) is 0. The average Bonchev–Trinajstić information content (AvgIpc) is 2.90. The van der Waals surface area contributed by atoms with E-state index in [1.165, 1.54) is 0 Å². The van der Waals surface area contributed by atoms with E-state index in [0.29, 0.717) is 26.4 Å². The lowest BCUT2D eigenvalue weighted by Crippen LogP contribution is -2.34. The van der Waals surface area contributed by atoms with E-state index in [4.69, 9.17) is 8.92 Å². The molecule has 116 valence electrons. The van der Waals surface area contributed by atoms with Crippen LogP contribution < -0.4 is 0 Å². The van der Waals surface area contributed by atoms with Gasteiger partial charge in [0.05, 0.1) is 25.9 Å². The second-order valence-electron chi connectivity index (χ2n) is 5.22. The number of hydrogen-bond donors (Lipinski definition) is 0. The van der Waals surface area contributed by atoms with E-state index in [-0.39, 0.29) is 6.04 Å². The lowest BCUT2D eigenvalue weighted by atomic mass is 10.2. The molecule has 1 saturated heterocycles. The molecule has 1 aliphatic rings. The van der Waals surface area contributed by atoms with Crippen LogP contribution >= 0.6 is 0 Å². The van der Waals surface area contributed by atoms with Crippen molar-refractivity contribution in [1.29, 1.82) is 0 Å². The van der Waals surface area contributed by atoms with Crippen molar-refractivity contribution in [2.24, 2.45) is 0 Å². The lowest BCUT2D eigenvalue weighted by molar-refractivity contribution is 0.0763. The molecule has 5 heteroatoms. The zero-order chi connectivity index (χ0) is 15.2. The molecule has 0 saturated carbocycles. The van der Waals surface area contributed by atoms with Gasteiger partial charge in [-0.15, -0.1) is 0 Å². The van der Waals surface area contributed by atoms with E-state index in [1.54, 1.807) is 0 Å². The Balaban J connectivity index is 1.54. The maximum atomic E-state index is 12.0. The summed E-state index contributed by atoms with van der Waals surface area (Å²) in [6.45, 7) is 2.11. The molecule has 4 nitrogen and oxygen atoms in total. The van der Waals surface area contributed by atoms with Crippen molar-refractivity contribution in [3.8, 4) is 0 Å². The van der Waals surface area contributed by atoms with Gasteiger partial charge in [-0.3, -0.25) is 4.18 Å². The Morgan fingerprint density at radius 2 is 1.68 bits per heavy atom. The highest BCUT2D eigenvalue weighted by atomic mass is 32.2. The number of nitrogens with zero attached hydrogens (tertiary/aromatic N) is 1. The summed E-state index contributed by atoms with van der Waals surface area (Å²) in [5, 5.41) is 0. The molecular weight excluding hydrogens is 298 g/mol. The highest BCUT2D eigenvalue weighted by Crippen LogP contribution is 2.19. The molecule has 0 bridgehead atoms. The van der Waals surface area contributed by atoms with Crippen LogP contribution in [0.2, 0.25) is 0 Å². The molecule has 3 rings (SSSR count). The summed E-state index contributed by atoms with van der Waals surface area (Å²) in [5.41, 5.74) is 2.26. The minimum atomic E-state index is -1.39. The summed E-state index contributed by atoms with van der Waals surface area (Å²) in [6, 6.07) is 20.0. The van der Waals surface area contributed by atoms with E-state index in [9.17, 15) is 4.21 Å². The molecule has 0 radical (unpaired) electrons. The Hall–Kier alpha value is -1.53. The molecular formula is C17H19NO3S. The van der Waals surface area contributed by atoms with E-state index >= 15 is 0 Å². The Morgan fingerprint density at radius 1 is 1.05 bits per heavy atom. The van der Waals surface area contributed by atoms with E-state index in [0.717, 1.165) is 11.1 Å². The fourth-order valence-electron chi connectivity index (χ4n) is 2.37. The number of hydrogen-bond acceptors (Lipinski definition) is 3. The molecule has 1 unspecified atom stereocenters. The fraction of sp³-hybridized carbons (Fsp3) is 0.294. The van der Waals surface area contributed by atoms with Crippen LogP contribution in [0.4, 0.5) is 0 Å². The van der Waals surface area contributed by atoms with Crippen molar-refractivity contribution in [3.63, 3.8) is 0 Å². The molecule has 0 aliphatic carbocycles. The van der Waals surface area contributed by atoms with E-state index in [1.807, 2.05) is 65.0 Å². The Morgan fingerprint density at radius 3 is 2.36 bits per heavy atom. The predicted octanol–water partition coefficient (Wildman–Crippen LogP) is 2.68. The van der Waals surface area contributed by atoms with Gasteiger partial charge in [0, 0.05) is 6.54 Å². The highest BCUT2D eigenvalue weighted by Gasteiger charge is 2.32. The third-order valence-corrected chi connectivity index (χ3v) is 4.71. The molecule has 2 atom stereocenters. The molecule has 0 aromatic heterocycles. The van der Waals surface area contributed by atoms with Crippen LogP contribution in [0.3, 0.4) is 0 Å². The minimum absolute atomic E-state index is 0.0183. The minimum Gasteiger partial charge on any atom is -0.375 e. The summed E-state index contributed by atoms with van der Waals surface area (Å²) < 4.78 is 24.9. The highest BCUT2D eigenvalue weighted by molar-refractivity contribution is 7.77. The van der Waals surface area contributed by atoms with Gasteiger partial charge in [0.15, 0.2) is 0 Å². The molecule has 1 aliphatic heterocycles. The molecule has 22 heavy (non-hydrogen) atoms. The van der Waals surface area contributed by atoms with Gasteiger partial charge in [-0.1, -0.05) is 60.7 Å². The topological polar surface area (TPSA) is 38.8 Å². The molecule has 2 aromatic rings. The van der Waals surface area contributed by atoms with Crippen molar-refractivity contribution in [3.05, 3.63) is 71.8 Å². The first-order valence-corrected chi connectivity index (χ1v) is 8.33. The fourth-order valence-corrected chi connectivity index (χ4v) is 3.40. The second-order valence-corrected chi connectivity index (χ2v) is 6.36. The number of rotatable bonds is 6. The van der Waals surface area contributed by atoms with Crippen LogP contribution in [0.15, 0.2) is 60.7 Å². The first kappa shape index (κ1) is 15.4. The Kier molecular flexibility index (Phi) is 5.34. The quantitative estimate of drug-likeness (QED) is 0.822. The van der Waals surface area contributed by atoms with Crippen molar-refractivity contribution in [2.45, 2.75) is 19.2 Å². The first-order chi connectivity index (χ1) is 10.8. The van der Waals surface area contributed by atoms with Crippen LogP contribution in [-0.2, 0) is 33.3 Å². The van der Waals surface area contributed by atoms with Crippen molar-refractivity contribution in [2.75, 3.05) is 13.2 Å². The summed E-state index contributed by atoms with van der Waals surface area (Å²) in [4.78, 5) is 0. The van der Waals surface area contributed by atoms with Gasteiger partial charge in [0.1, 0.15) is 0 Å². The van der Waals surface area contributed by atoms with Crippen LogP contribution in [0.1, 0.15) is 11.1 Å². The monoisotopic (exact) mass is 317 g/mol. The zero-order valence-electron chi connectivity index (χ0n) is 12.3. The molecule has 1 fully saturated rings. The van der Waals surface area contributed by atoms with Crippen LogP contribution in [0.25, 0.3) is 0 Å².